The molecule has 1 aromatic rings. The molecule has 0 amide bonds. The molecular weight excluding hydrogens is 461 g/mol. The summed E-state index contributed by atoms with van der Waals surface area (Å²) in [6.45, 7) is 6.17. The number of nitro benzene ring substituents is 1. The smallest absolute Gasteiger partial charge is 0.292 e. The van der Waals surface area contributed by atoms with Crippen LogP contribution in [-0.2, 0) is 4.74 Å². The molecule has 8 nitrogen and oxygen atoms in total. The predicted octanol–water partition coefficient (Wildman–Crippen LogP) is 2.95. The lowest BCUT2D eigenvalue weighted by Gasteiger charge is -2.22. The molecule has 0 saturated heterocycles. The summed E-state index contributed by atoms with van der Waals surface area (Å²) in [6, 6.07) is 6.63. The van der Waals surface area contributed by atoms with Crippen molar-refractivity contribution in [3.8, 4) is 0 Å². The molecule has 0 atom stereocenters. The average molecular weight is 491 g/mol. The topological polar surface area (TPSA) is 92.0 Å². The Bertz CT molecular complexity index is 610. The third-order valence-corrected chi connectivity index (χ3v) is 4.11. The number of hydrogen-bond donors (Lipinski definition) is 2. The van der Waals surface area contributed by atoms with Gasteiger partial charge in [0, 0.05) is 39.4 Å². The lowest BCUT2D eigenvalue weighted by molar-refractivity contribution is -0.384. The molecule has 0 radical (unpaired) electrons. The summed E-state index contributed by atoms with van der Waals surface area (Å²) < 4.78 is 5.67. The first kappa shape index (κ1) is 23.4. The first-order valence-corrected chi connectivity index (χ1v) is 9.16. The van der Waals surface area contributed by atoms with Crippen molar-refractivity contribution in [2.75, 3.05) is 51.8 Å². The van der Waals surface area contributed by atoms with E-state index < -0.39 is 0 Å². The molecule has 0 aromatic heterocycles. The molecule has 1 aliphatic rings. The zero-order valence-corrected chi connectivity index (χ0v) is 18.3. The van der Waals surface area contributed by atoms with Gasteiger partial charge in [-0.2, -0.15) is 0 Å². The number of guanidine groups is 1. The Morgan fingerprint density at radius 1 is 1.41 bits per heavy atom. The first-order chi connectivity index (χ1) is 12.6. The van der Waals surface area contributed by atoms with Crippen LogP contribution >= 0.6 is 24.0 Å². The number of nitro groups is 1. The van der Waals surface area contributed by atoms with Crippen LogP contribution in [0.25, 0.3) is 0 Å². The Morgan fingerprint density at radius 2 is 2.15 bits per heavy atom. The van der Waals surface area contributed by atoms with E-state index in [2.05, 4.69) is 15.6 Å². The number of anilines is 1. The van der Waals surface area contributed by atoms with Crippen LogP contribution in [0, 0.1) is 16.0 Å². The number of para-hydroxylation sites is 2. The third kappa shape index (κ3) is 8.74. The van der Waals surface area contributed by atoms with E-state index >= 15 is 0 Å². The highest BCUT2D eigenvalue weighted by atomic mass is 127. The largest absolute Gasteiger partial charge is 0.379 e. The van der Waals surface area contributed by atoms with Gasteiger partial charge in [-0.25, -0.2) is 0 Å². The van der Waals surface area contributed by atoms with Crippen LogP contribution in [-0.4, -0.2) is 62.2 Å². The molecule has 0 bridgehead atoms. The van der Waals surface area contributed by atoms with Crippen molar-refractivity contribution >= 4 is 41.3 Å². The van der Waals surface area contributed by atoms with Gasteiger partial charge in [0.2, 0.25) is 0 Å². The fourth-order valence-corrected chi connectivity index (χ4v) is 2.45. The van der Waals surface area contributed by atoms with Gasteiger partial charge in [0.05, 0.1) is 18.1 Å². The second kappa shape index (κ2) is 12.7. The molecule has 2 rings (SSSR count). The standard InChI is InChI=1S/C18H29N5O3.HI/c1-3-19-18(22(2)12-13-26-14-15-8-9-15)21-11-10-20-16-6-4-5-7-17(16)23(24)25;/h4-7,15,20H,3,8-14H2,1-2H3,(H,19,21);1H. The summed E-state index contributed by atoms with van der Waals surface area (Å²) in [5.41, 5.74) is 0.591. The lowest BCUT2D eigenvalue weighted by Crippen LogP contribution is -2.41. The molecular formula is C18H30IN5O3. The van der Waals surface area contributed by atoms with Crippen molar-refractivity contribution in [1.82, 2.24) is 10.2 Å². The van der Waals surface area contributed by atoms with Crippen LogP contribution < -0.4 is 10.6 Å². The van der Waals surface area contributed by atoms with Crippen LogP contribution in [0.1, 0.15) is 19.8 Å². The minimum atomic E-state index is -0.384. The highest BCUT2D eigenvalue weighted by molar-refractivity contribution is 14.0. The van der Waals surface area contributed by atoms with Gasteiger partial charge >= 0.3 is 0 Å². The van der Waals surface area contributed by atoms with E-state index in [4.69, 9.17) is 4.74 Å². The number of rotatable bonds is 11. The second-order valence-electron chi connectivity index (χ2n) is 6.38. The monoisotopic (exact) mass is 491 g/mol. The molecule has 0 spiro atoms. The summed E-state index contributed by atoms with van der Waals surface area (Å²) in [4.78, 5) is 17.2. The Kier molecular flexibility index (Phi) is 11.0. The van der Waals surface area contributed by atoms with Crippen molar-refractivity contribution in [3.05, 3.63) is 34.4 Å². The van der Waals surface area contributed by atoms with Crippen LogP contribution in [0.15, 0.2) is 29.3 Å². The Hall–Kier alpha value is -1.62. The lowest BCUT2D eigenvalue weighted by atomic mass is 10.2. The number of nitrogens with one attached hydrogen (secondary N) is 2. The molecule has 1 saturated carbocycles. The number of halogens is 1. The Morgan fingerprint density at radius 3 is 2.81 bits per heavy atom. The van der Waals surface area contributed by atoms with Crippen molar-refractivity contribution < 1.29 is 9.66 Å². The molecule has 0 aliphatic heterocycles. The van der Waals surface area contributed by atoms with E-state index in [1.165, 1.54) is 18.9 Å². The van der Waals surface area contributed by atoms with Gasteiger partial charge in [-0.1, -0.05) is 12.1 Å². The fourth-order valence-electron chi connectivity index (χ4n) is 2.45. The zero-order chi connectivity index (χ0) is 18.8. The normalized spacial score (nSPS) is 13.6. The van der Waals surface area contributed by atoms with E-state index in [1.807, 2.05) is 18.9 Å². The van der Waals surface area contributed by atoms with E-state index in [0.717, 1.165) is 31.6 Å². The SMILES string of the molecule is CCNC(=NCCNc1ccccc1[N+](=O)[O-])N(C)CCOCC1CC1.I. The van der Waals surface area contributed by atoms with E-state index in [0.29, 0.717) is 25.4 Å². The predicted molar refractivity (Wildman–Crippen MR) is 119 cm³/mol. The van der Waals surface area contributed by atoms with E-state index in [9.17, 15) is 10.1 Å². The van der Waals surface area contributed by atoms with Gasteiger partial charge in [-0.15, -0.1) is 24.0 Å². The highest BCUT2D eigenvalue weighted by Gasteiger charge is 2.21. The summed E-state index contributed by atoms with van der Waals surface area (Å²) in [7, 11) is 1.98. The number of aliphatic imine (C=N–C) groups is 1. The van der Waals surface area contributed by atoms with Gasteiger partial charge in [0.25, 0.3) is 5.69 Å². The van der Waals surface area contributed by atoms with Crippen molar-refractivity contribution in [3.63, 3.8) is 0 Å². The summed E-state index contributed by atoms with van der Waals surface area (Å²) in [5.74, 6) is 1.59. The minimum Gasteiger partial charge on any atom is -0.379 e. The van der Waals surface area contributed by atoms with Crippen LogP contribution in [0.5, 0.6) is 0 Å². The van der Waals surface area contributed by atoms with Gasteiger partial charge in [-0.3, -0.25) is 15.1 Å². The molecule has 0 heterocycles. The van der Waals surface area contributed by atoms with Crippen molar-refractivity contribution in [1.29, 1.82) is 0 Å². The Labute approximate surface area is 177 Å². The van der Waals surface area contributed by atoms with Crippen LogP contribution in [0.4, 0.5) is 11.4 Å². The maximum atomic E-state index is 11.0. The molecule has 1 fully saturated rings. The fraction of sp³-hybridized carbons (Fsp3) is 0.611. The van der Waals surface area contributed by atoms with Crippen LogP contribution in [0.2, 0.25) is 0 Å². The van der Waals surface area contributed by atoms with Gasteiger partial charge in [0.1, 0.15) is 5.69 Å². The first-order valence-electron chi connectivity index (χ1n) is 9.16. The second-order valence-corrected chi connectivity index (χ2v) is 6.38. The molecule has 152 valence electrons. The molecule has 0 unspecified atom stereocenters. The number of benzene rings is 1. The summed E-state index contributed by atoms with van der Waals surface area (Å²) in [5, 5.41) is 17.4. The Balaban J connectivity index is 0.00000364. The molecule has 27 heavy (non-hydrogen) atoms. The van der Waals surface area contributed by atoms with Gasteiger partial charge in [-0.05, 0) is 31.7 Å². The number of nitrogens with zero attached hydrogens (tertiary/aromatic N) is 3. The van der Waals surface area contributed by atoms with E-state index in [-0.39, 0.29) is 34.6 Å². The third-order valence-electron chi connectivity index (χ3n) is 4.11. The van der Waals surface area contributed by atoms with Crippen molar-refractivity contribution in [2.24, 2.45) is 10.9 Å². The van der Waals surface area contributed by atoms with Crippen LogP contribution in [0.3, 0.4) is 0 Å². The summed E-state index contributed by atoms with van der Waals surface area (Å²) in [6.07, 6.45) is 2.60. The molecule has 1 aromatic carbocycles. The zero-order valence-electron chi connectivity index (χ0n) is 16.0. The van der Waals surface area contributed by atoms with Gasteiger partial charge in [0.15, 0.2) is 5.96 Å². The number of hydrogen-bond acceptors (Lipinski definition) is 5. The highest BCUT2D eigenvalue weighted by Crippen LogP contribution is 2.28. The average Bonchev–Trinajstić information content (AvgIpc) is 3.45. The van der Waals surface area contributed by atoms with E-state index in [1.54, 1.807) is 18.2 Å². The number of likely N-dealkylation sites (N-methyl/N-ethyl adjacent to an activating group) is 1. The summed E-state index contributed by atoms with van der Waals surface area (Å²) >= 11 is 0. The quantitative estimate of drug-likeness (QED) is 0.124. The minimum absolute atomic E-state index is 0. The van der Waals surface area contributed by atoms with Gasteiger partial charge < -0.3 is 20.3 Å². The maximum Gasteiger partial charge on any atom is 0.292 e. The molecule has 9 heteroatoms. The number of ether oxygens (including phenoxy) is 1. The maximum absolute atomic E-state index is 11.0. The molecule has 2 N–H and O–H groups in total. The van der Waals surface area contributed by atoms with Crippen molar-refractivity contribution in [2.45, 2.75) is 19.8 Å². The molecule has 1 aliphatic carbocycles.